The maximum absolute atomic E-state index is 11.7. The number of benzene rings is 1. The Balaban J connectivity index is 2.34. The second kappa shape index (κ2) is 5.14. The van der Waals surface area contributed by atoms with E-state index in [9.17, 15) is 19.7 Å². The van der Waals surface area contributed by atoms with Crippen LogP contribution in [0.2, 0.25) is 0 Å². The Morgan fingerprint density at radius 2 is 2.15 bits per heavy atom. The van der Waals surface area contributed by atoms with Gasteiger partial charge in [-0.3, -0.25) is 20.0 Å². The standard InChI is InChI=1S/C10H7N5O5/c16-9(8-11-4-12-14-8)13-6-2-1-5(10(17)18)3-7(6)15(19)20/h1-4H,(H,13,16)(H,17,18)(H,11,12,14). The van der Waals surface area contributed by atoms with E-state index < -0.39 is 22.5 Å². The number of H-pyrrole nitrogens is 1. The van der Waals surface area contributed by atoms with E-state index in [-0.39, 0.29) is 17.1 Å². The monoisotopic (exact) mass is 277 g/mol. The van der Waals surface area contributed by atoms with Crippen molar-refractivity contribution >= 4 is 23.3 Å². The van der Waals surface area contributed by atoms with E-state index in [4.69, 9.17) is 5.11 Å². The number of nitro groups is 1. The number of carboxylic acids is 1. The summed E-state index contributed by atoms with van der Waals surface area (Å²) in [6, 6.07) is 3.14. The number of nitro benzene ring substituents is 1. The molecule has 0 radical (unpaired) electrons. The zero-order valence-electron chi connectivity index (χ0n) is 9.73. The van der Waals surface area contributed by atoms with Gasteiger partial charge in [-0.15, -0.1) is 0 Å². The molecule has 0 unspecified atom stereocenters. The average Bonchev–Trinajstić information content (AvgIpc) is 2.92. The number of nitrogens with zero attached hydrogens (tertiary/aromatic N) is 3. The van der Waals surface area contributed by atoms with Crippen molar-refractivity contribution in [2.75, 3.05) is 5.32 Å². The van der Waals surface area contributed by atoms with Crippen molar-refractivity contribution in [3.05, 3.63) is 46.0 Å². The highest BCUT2D eigenvalue weighted by molar-refractivity contribution is 6.03. The fourth-order valence-corrected chi connectivity index (χ4v) is 1.42. The lowest BCUT2D eigenvalue weighted by Crippen LogP contribution is -2.15. The van der Waals surface area contributed by atoms with Crippen LogP contribution < -0.4 is 5.32 Å². The third-order valence-electron chi connectivity index (χ3n) is 2.32. The van der Waals surface area contributed by atoms with Crippen LogP contribution in [0.1, 0.15) is 21.0 Å². The van der Waals surface area contributed by atoms with Gasteiger partial charge in [0.05, 0.1) is 10.5 Å². The highest BCUT2D eigenvalue weighted by Crippen LogP contribution is 2.25. The summed E-state index contributed by atoms with van der Waals surface area (Å²) in [5, 5.41) is 27.7. The summed E-state index contributed by atoms with van der Waals surface area (Å²) in [5.74, 6) is -2.16. The molecule has 1 aromatic heterocycles. The number of hydrogen-bond donors (Lipinski definition) is 3. The second-order valence-electron chi connectivity index (χ2n) is 3.58. The van der Waals surface area contributed by atoms with Crippen LogP contribution in [0, 0.1) is 10.1 Å². The van der Waals surface area contributed by atoms with E-state index in [1.807, 2.05) is 0 Å². The molecule has 10 nitrogen and oxygen atoms in total. The van der Waals surface area contributed by atoms with Crippen LogP contribution >= 0.6 is 0 Å². The molecule has 0 saturated heterocycles. The third-order valence-corrected chi connectivity index (χ3v) is 2.32. The second-order valence-corrected chi connectivity index (χ2v) is 3.58. The molecule has 0 spiro atoms. The molecule has 0 atom stereocenters. The minimum absolute atomic E-state index is 0.124. The predicted molar refractivity (Wildman–Crippen MR) is 64.4 cm³/mol. The number of carbonyl (C=O) groups excluding carboxylic acids is 1. The molecular weight excluding hydrogens is 270 g/mol. The molecule has 0 aliphatic rings. The van der Waals surface area contributed by atoms with Crippen LogP contribution in [0.5, 0.6) is 0 Å². The number of aromatic carboxylic acids is 1. The maximum Gasteiger partial charge on any atom is 0.335 e. The lowest BCUT2D eigenvalue weighted by molar-refractivity contribution is -0.383. The van der Waals surface area contributed by atoms with Gasteiger partial charge in [-0.2, -0.15) is 5.10 Å². The summed E-state index contributed by atoms with van der Waals surface area (Å²) in [5.41, 5.74) is -0.923. The molecule has 2 rings (SSSR count). The fraction of sp³-hybridized carbons (Fsp3) is 0. The highest BCUT2D eigenvalue weighted by atomic mass is 16.6. The van der Waals surface area contributed by atoms with Gasteiger partial charge in [-0.25, -0.2) is 9.78 Å². The van der Waals surface area contributed by atoms with Crippen molar-refractivity contribution in [2.45, 2.75) is 0 Å². The van der Waals surface area contributed by atoms with Crippen molar-refractivity contribution in [3.63, 3.8) is 0 Å². The van der Waals surface area contributed by atoms with Crippen molar-refractivity contribution < 1.29 is 19.6 Å². The van der Waals surface area contributed by atoms with Gasteiger partial charge in [0.1, 0.15) is 12.0 Å². The SMILES string of the molecule is O=C(O)c1ccc(NC(=O)c2ncn[nH]2)c([N+](=O)[O-])c1. The van der Waals surface area contributed by atoms with E-state index >= 15 is 0 Å². The first-order chi connectivity index (χ1) is 9.49. The first-order valence-corrected chi connectivity index (χ1v) is 5.17. The quantitative estimate of drug-likeness (QED) is 0.548. The Morgan fingerprint density at radius 1 is 1.40 bits per heavy atom. The lowest BCUT2D eigenvalue weighted by Gasteiger charge is -2.05. The van der Waals surface area contributed by atoms with E-state index in [2.05, 4.69) is 20.5 Å². The molecule has 0 bridgehead atoms. The Labute approximate surface area is 110 Å². The molecule has 0 saturated carbocycles. The zero-order chi connectivity index (χ0) is 14.7. The maximum atomic E-state index is 11.7. The van der Waals surface area contributed by atoms with E-state index in [1.54, 1.807) is 0 Å². The minimum atomic E-state index is -1.30. The first kappa shape index (κ1) is 13.1. The smallest absolute Gasteiger partial charge is 0.335 e. The summed E-state index contributed by atoms with van der Waals surface area (Å²) in [6.07, 6.45) is 1.11. The topological polar surface area (TPSA) is 151 Å². The molecule has 20 heavy (non-hydrogen) atoms. The number of carboxylic acid groups (broad SMARTS) is 1. The minimum Gasteiger partial charge on any atom is -0.478 e. The number of aromatic nitrogens is 3. The number of nitrogens with one attached hydrogen (secondary N) is 2. The van der Waals surface area contributed by atoms with Gasteiger partial charge in [0.2, 0.25) is 5.82 Å². The molecule has 3 N–H and O–H groups in total. The number of hydrogen-bond acceptors (Lipinski definition) is 6. The van der Waals surface area contributed by atoms with E-state index in [1.165, 1.54) is 0 Å². The van der Waals surface area contributed by atoms with Crippen molar-refractivity contribution in [3.8, 4) is 0 Å². The number of aromatic amines is 1. The summed E-state index contributed by atoms with van der Waals surface area (Å²) in [6.45, 7) is 0. The van der Waals surface area contributed by atoms with Gasteiger partial charge in [0.25, 0.3) is 11.6 Å². The molecule has 102 valence electrons. The van der Waals surface area contributed by atoms with Crippen LogP contribution in [-0.2, 0) is 0 Å². The molecule has 2 aromatic rings. The van der Waals surface area contributed by atoms with Gasteiger partial charge in [-0.05, 0) is 12.1 Å². The van der Waals surface area contributed by atoms with Crippen molar-refractivity contribution in [1.29, 1.82) is 0 Å². The zero-order valence-corrected chi connectivity index (χ0v) is 9.73. The summed E-state index contributed by atoms with van der Waals surface area (Å²) in [7, 11) is 0. The number of rotatable bonds is 4. The Morgan fingerprint density at radius 3 is 2.70 bits per heavy atom. The molecule has 10 heteroatoms. The van der Waals surface area contributed by atoms with Gasteiger partial charge < -0.3 is 10.4 Å². The van der Waals surface area contributed by atoms with Crippen LogP contribution in [0.4, 0.5) is 11.4 Å². The first-order valence-electron chi connectivity index (χ1n) is 5.17. The Hall–Kier alpha value is -3.30. The van der Waals surface area contributed by atoms with Crippen LogP contribution in [0.3, 0.4) is 0 Å². The molecule has 1 heterocycles. The van der Waals surface area contributed by atoms with Crippen LogP contribution in [-0.4, -0.2) is 37.1 Å². The molecule has 0 aliphatic carbocycles. The van der Waals surface area contributed by atoms with E-state index in [0.717, 1.165) is 24.5 Å². The predicted octanol–water partition coefficient (Wildman–Crippen LogP) is 0.663. The number of amides is 1. The molecule has 0 fully saturated rings. The average molecular weight is 277 g/mol. The van der Waals surface area contributed by atoms with Gasteiger partial charge in [-0.1, -0.05) is 0 Å². The third kappa shape index (κ3) is 2.58. The van der Waals surface area contributed by atoms with Gasteiger partial charge in [0.15, 0.2) is 0 Å². The summed E-state index contributed by atoms with van der Waals surface area (Å²) in [4.78, 5) is 36.1. The fourth-order valence-electron chi connectivity index (χ4n) is 1.42. The molecule has 1 aromatic carbocycles. The highest BCUT2D eigenvalue weighted by Gasteiger charge is 2.20. The van der Waals surface area contributed by atoms with Crippen molar-refractivity contribution in [1.82, 2.24) is 15.2 Å². The number of carbonyl (C=O) groups is 2. The van der Waals surface area contributed by atoms with Gasteiger partial charge >= 0.3 is 5.97 Å². The normalized spacial score (nSPS) is 10.0. The molecule has 0 aliphatic heterocycles. The van der Waals surface area contributed by atoms with Gasteiger partial charge in [0, 0.05) is 6.07 Å². The summed E-state index contributed by atoms with van der Waals surface area (Å²) >= 11 is 0. The Bertz CT molecular complexity index is 681. The van der Waals surface area contributed by atoms with Crippen LogP contribution in [0.25, 0.3) is 0 Å². The van der Waals surface area contributed by atoms with E-state index in [0.29, 0.717) is 0 Å². The van der Waals surface area contributed by atoms with Crippen molar-refractivity contribution in [2.24, 2.45) is 0 Å². The largest absolute Gasteiger partial charge is 0.478 e. The molecular formula is C10H7N5O5. The summed E-state index contributed by atoms with van der Waals surface area (Å²) < 4.78 is 0. The Kier molecular flexibility index (Phi) is 3.37. The molecule has 1 amide bonds. The lowest BCUT2D eigenvalue weighted by atomic mass is 10.1. The van der Waals surface area contributed by atoms with Crippen LogP contribution in [0.15, 0.2) is 24.5 Å². The number of anilines is 1.